The highest BCUT2D eigenvalue weighted by atomic mass is 16.1. The number of nitriles is 1. The van der Waals surface area contributed by atoms with Crippen molar-refractivity contribution in [2.75, 3.05) is 10.6 Å². The Morgan fingerprint density at radius 1 is 1.04 bits per heavy atom. The third kappa shape index (κ3) is 4.55. The molecule has 23 heavy (non-hydrogen) atoms. The quantitative estimate of drug-likeness (QED) is 0.504. The molecule has 0 radical (unpaired) electrons. The van der Waals surface area contributed by atoms with Crippen molar-refractivity contribution < 1.29 is 9.59 Å². The van der Waals surface area contributed by atoms with Crippen LogP contribution in [0.5, 0.6) is 0 Å². The van der Waals surface area contributed by atoms with Gasteiger partial charge in [0.1, 0.15) is 11.6 Å². The van der Waals surface area contributed by atoms with Crippen LogP contribution in [0.25, 0.3) is 0 Å². The molecule has 0 heterocycles. The molecular weight excluding hydrogens is 290 g/mol. The maximum Gasteiger partial charge on any atom is 0.267 e. The Morgan fingerprint density at radius 2 is 1.74 bits per heavy atom. The Labute approximate surface area is 134 Å². The van der Waals surface area contributed by atoms with E-state index >= 15 is 0 Å². The van der Waals surface area contributed by atoms with Crippen LogP contribution in [-0.2, 0) is 4.79 Å². The van der Waals surface area contributed by atoms with Gasteiger partial charge < -0.3 is 10.6 Å². The number of Topliss-reactive ketones (excluding diaryl/α,β-unsaturated/α-hetero) is 1. The SMILES string of the molecule is CC(=O)c1cccc(NC(=O)/C(C#N)=C\Nc2ccccc2)c1. The van der Waals surface area contributed by atoms with E-state index in [1.807, 2.05) is 36.4 Å². The first-order valence-electron chi connectivity index (χ1n) is 6.94. The van der Waals surface area contributed by atoms with Gasteiger partial charge in [0.2, 0.25) is 0 Å². The highest BCUT2D eigenvalue weighted by molar-refractivity contribution is 6.07. The second-order valence-corrected chi connectivity index (χ2v) is 4.77. The molecule has 2 aromatic rings. The summed E-state index contributed by atoms with van der Waals surface area (Å²) in [6.07, 6.45) is 1.35. The largest absolute Gasteiger partial charge is 0.360 e. The minimum absolute atomic E-state index is 0.0675. The third-order valence-electron chi connectivity index (χ3n) is 3.05. The molecular formula is C18H15N3O2. The minimum atomic E-state index is -0.545. The number of carbonyl (C=O) groups excluding carboxylic acids is 2. The molecule has 1 amide bonds. The van der Waals surface area contributed by atoms with E-state index in [2.05, 4.69) is 10.6 Å². The number of benzene rings is 2. The number of amides is 1. The lowest BCUT2D eigenvalue weighted by molar-refractivity contribution is -0.112. The van der Waals surface area contributed by atoms with Gasteiger partial charge in [0, 0.05) is 23.1 Å². The molecule has 0 aliphatic heterocycles. The number of hydrogen-bond donors (Lipinski definition) is 2. The molecule has 0 unspecified atom stereocenters. The average molecular weight is 305 g/mol. The van der Waals surface area contributed by atoms with E-state index in [1.54, 1.807) is 24.3 Å². The molecule has 0 atom stereocenters. The number of nitrogens with one attached hydrogen (secondary N) is 2. The van der Waals surface area contributed by atoms with Crippen molar-refractivity contribution in [3.8, 4) is 6.07 Å². The van der Waals surface area contributed by atoms with E-state index in [4.69, 9.17) is 5.26 Å². The smallest absolute Gasteiger partial charge is 0.267 e. The van der Waals surface area contributed by atoms with Gasteiger partial charge in [0.15, 0.2) is 5.78 Å². The van der Waals surface area contributed by atoms with Crippen molar-refractivity contribution in [3.63, 3.8) is 0 Å². The summed E-state index contributed by atoms with van der Waals surface area (Å²) in [5, 5.41) is 14.6. The number of anilines is 2. The summed E-state index contributed by atoms with van der Waals surface area (Å²) in [5.41, 5.74) is 1.66. The second-order valence-electron chi connectivity index (χ2n) is 4.77. The number of ketones is 1. The summed E-state index contributed by atoms with van der Waals surface area (Å²) in [4.78, 5) is 23.5. The second kappa shape index (κ2) is 7.57. The zero-order valence-electron chi connectivity index (χ0n) is 12.5. The summed E-state index contributed by atoms with van der Waals surface area (Å²) in [7, 11) is 0. The van der Waals surface area contributed by atoms with E-state index in [0.717, 1.165) is 5.69 Å². The molecule has 114 valence electrons. The van der Waals surface area contributed by atoms with E-state index in [9.17, 15) is 9.59 Å². The molecule has 5 heteroatoms. The minimum Gasteiger partial charge on any atom is -0.360 e. The molecule has 2 rings (SSSR count). The summed E-state index contributed by atoms with van der Waals surface area (Å²) in [6.45, 7) is 1.45. The molecule has 0 aromatic heterocycles. The van der Waals surface area contributed by atoms with Gasteiger partial charge in [0.25, 0.3) is 5.91 Å². The van der Waals surface area contributed by atoms with Crippen LogP contribution in [0.4, 0.5) is 11.4 Å². The highest BCUT2D eigenvalue weighted by Crippen LogP contribution is 2.13. The lowest BCUT2D eigenvalue weighted by atomic mass is 10.1. The van der Waals surface area contributed by atoms with Gasteiger partial charge in [-0.05, 0) is 31.2 Å². The van der Waals surface area contributed by atoms with Crippen LogP contribution in [0.1, 0.15) is 17.3 Å². The number of para-hydroxylation sites is 1. The fourth-order valence-electron chi connectivity index (χ4n) is 1.85. The summed E-state index contributed by atoms with van der Waals surface area (Å²) in [6, 6.07) is 17.6. The average Bonchev–Trinajstić information content (AvgIpc) is 2.56. The topological polar surface area (TPSA) is 82.0 Å². The van der Waals surface area contributed by atoms with Crippen molar-refractivity contribution in [3.05, 3.63) is 71.9 Å². The Kier molecular flexibility index (Phi) is 5.26. The Bertz CT molecular complexity index is 789. The predicted octanol–water partition coefficient (Wildman–Crippen LogP) is 3.35. The lowest BCUT2D eigenvalue weighted by Gasteiger charge is -2.06. The first-order chi connectivity index (χ1) is 11.1. The summed E-state index contributed by atoms with van der Waals surface area (Å²) in [5.74, 6) is -0.639. The van der Waals surface area contributed by atoms with Crippen LogP contribution in [0, 0.1) is 11.3 Å². The number of rotatable bonds is 5. The summed E-state index contributed by atoms with van der Waals surface area (Å²) < 4.78 is 0. The number of nitrogens with zero attached hydrogens (tertiary/aromatic N) is 1. The lowest BCUT2D eigenvalue weighted by Crippen LogP contribution is -2.14. The Hall–Kier alpha value is -3.39. The van der Waals surface area contributed by atoms with Gasteiger partial charge >= 0.3 is 0 Å². The van der Waals surface area contributed by atoms with Crippen LogP contribution < -0.4 is 10.6 Å². The molecule has 0 aliphatic carbocycles. The van der Waals surface area contributed by atoms with Gasteiger partial charge in [0.05, 0.1) is 0 Å². The Morgan fingerprint density at radius 3 is 2.39 bits per heavy atom. The van der Waals surface area contributed by atoms with E-state index in [1.165, 1.54) is 13.1 Å². The van der Waals surface area contributed by atoms with E-state index in [0.29, 0.717) is 11.3 Å². The molecule has 2 aromatic carbocycles. The Balaban J connectivity index is 2.10. The van der Waals surface area contributed by atoms with Gasteiger partial charge in [-0.2, -0.15) is 5.26 Å². The van der Waals surface area contributed by atoms with Gasteiger partial charge in [-0.1, -0.05) is 30.3 Å². The molecule has 0 saturated carbocycles. The maximum atomic E-state index is 12.1. The van der Waals surface area contributed by atoms with Crippen molar-refractivity contribution in [1.82, 2.24) is 0 Å². The van der Waals surface area contributed by atoms with Crippen molar-refractivity contribution in [1.29, 1.82) is 5.26 Å². The fourth-order valence-corrected chi connectivity index (χ4v) is 1.85. The van der Waals surface area contributed by atoms with Crippen LogP contribution in [0.15, 0.2) is 66.4 Å². The molecule has 0 aliphatic rings. The molecule has 0 bridgehead atoms. The van der Waals surface area contributed by atoms with Crippen molar-refractivity contribution >= 4 is 23.1 Å². The molecule has 2 N–H and O–H groups in total. The summed E-state index contributed by atoms with van der Waals surface area (Å²) >= 11 is 0. The molecule has 0 fully saturated rings. The fraction of sp³-hybridized carbons (Fsp3) is 0.0556. The first-order valence-corrected chi connectivity index (χ1v) is 6.94. The monoisotopic (exact) mass is 305 g/mol. The zero-order chi connectivity index (χ0) is 16.7. The van der Waals surface area contributed by atoms with Crippen molar-refractivity contribution in [2.45, 2.75) is 6.92 Å². The molecule has 0 spiro atoms. The van der Waals surface area contributed by atoms with Crippen LogP contribution in [0.2, 0.25) is 0 Å². The molecule has 0 saturated heterocycles. The maximum absolute atomic E-state index is 12.1. The number of hydrogen-bond acceptors (Lipinski definition) is 4. The van der Waals surface area contributed by atoms with Crippen LogP contribution in [0.3, 0.4) is 0 Å². The van der Waals surface area contributed by atoms with E-state index in [-0.39, 0.29) is 11.4 Å². The number of carbonyl (C=O) groups is 2. The van der Waals surface area contributed by atoms with Gasteiger partial charge in [-0.25, -0.2) is 0 Å². The van der Waals surface area contributed by atoms with E-state index < -0.39 is 5.91 Å². The van der Waals surface area contributed by atoms with Gasteiger partial charge in [-0.3, -0.25) is 9.59 Å². The van der Waals surface area contributed by atoms with Crippen molar-refractivity contribution in [2.24, 2.45) is 0 Å². The standard InChI is InChI=1S/C18H15N3O2/c1-13(22)14-6-5-9-17(10-14)21-18(23)15(11-19)12-20-16-7-3-2-4-8-16/h2-10,12,20H,1H3,(H,21,23)/b15-12-. The predicted molar refractivity (Wildman–Crippen MR) is 88.8 cm³/mol. The van der Waals surface area contributed by atoms with Crippen LogP contribution in [-0.4, -0.2) is 11.7 Å². The zero-order valence-corrected chi connectivity index (χ0v) is 12.5. The van der Waals surface area contributed by atoms with Crippen LogP contribution >= 0.6 is 0 Å². The van der Waals surface area contributed by atoms with Gasteiger partial charge in [-0.15, -0.1) is 0 Å². The third-order valence-corrected chi connectivity index (χ3v) is 3.05. The highest BCUT2D eigenvalue weighted by Gasteiger charge is 2.10. The molecule has 5 nitrogen and oxygen atoms in total. The first kappa shape index (κ1) is 16.0. The normalized spacial score (nSPS) is 10.5.